The first kappa shape index (κ1) is 15.1. The van der Waals surface area contributed by atoms with Gasteiger partial charge in [0.05, 0.1) is 23.9 Å². The number of rotatable bonds is 6. The molecule has 110 valence electrons. The second-order valence-corrected chi connectivity index (χ2v) is 7.33. The zero-order chi connectivity index (χ0) is 14.8. The average molecular weight is 315 g/mol. The van der Waals surface area contributed by atoms with E-state index in [4.69, 9.17) is 5.73 Å². The van der Waals surface area contributed by atoms with E-state index >= 15 is 0 Å². The van der Waals surface area contributed by atoms with Gasteiger partial charge in [-0.2, -0.15) is 9.40 Å². The molecule has 0 aliphatic rings. The fourth-order valence-electron chi connectivity index (χ4n) is 1.68. The van der Waals surface area contributed by atoms with Gasteiger partial charge in [-0.3, -0.25) is 4.68 Å². The lowest BCUT2D eigenvalue weighted by molar-refractivity contribution is 0.468. The lowest BCUT2D eigenvalue weighted by atomic mass is 10.4. The molecule has 2 heterocycles. The fourth-order valence-corrected chi connectivity index (χ4v) is 3.68. The topological polar surface area (TPSA) is 94.1 Å². The molecule has 0 bridgehead atoms. The van der Waals surface area contributed by atoms with Gasteiger partial charge in [-0.05, 0) is 6.92 Å². The lowest BCUT2D eigenvalue weighted by Gasteiger charge is -2.15. The number of nitrogens with zero attached hydrogens (tertiary/aromatic N) is 4. The zero-order valence-electron chi connectivity index (χ0n) is 11.4. The molecular weight excluding hydrogens is 298 g/mol. The van der Waals surface area contributed by atoms with Crippen LogP contribution >= 0.6 is 11.3 Å². The van der Waals surface area contributed by atoms with Crippen LogP contribution in [-0.4, -0.2) is 41.1 Å². The van der Waals surface area contributed by atoms with E-state index in [1.165, 1.54) is 32.7 Å². The Balaban J connectivity index is 2.18. The van der Waals surface area contributed by atoms with Crippen molar-refractivity contribution in [2.75, 3.05) is 13.6 Å². The van der Waals surface area contributed by atoms with Crippen LogP contribution < -0.4 is 5.73 Å². The van der Waals surface area contributed by atoms with Gasteiger partial charge >= 0.3 is 0 Å². The molecule has 0 fully saturated rings. The molecule has 2 N–H and O–H groups in total. The van der Waals surface area contributed by atoms with Crippen LogP contribution in [0.5, 0.6) is 0 Å². The molecule has 0 aliphatic carbocycles. The minimum Gasteiger partial charge on any atom is -0.329 e. The maximum atomic E-state index is 12.4. The third kappa shape index (κ3) is 3.06. The van der Waals surface area contributed by atoms with Crippen molar-refractivity contribution in [3.8, 4) is 0 Å². The molecule has 2 aromatic rings. The van der Waals surface area contributed by atoms with Gasteiger partial charge < -0.3 is 5.73 Å². The van der Waals surface area contributed by atoms with Crippen LogP contribution in [0.4, 0.5) is 0 Å². The van der Waals surface area contributed by atoms with E-state index < -0.39 is 10.0 Å². The summed E-state index contributed by atoms with van der Waals surface area (Å²) >= 11 is 1.45. The summed E-state index contributed by atoms with van der Waals surface area (Å²) in [7, 11) is -1.99. The fraction of sp³-hybridized carbons (Fsp3) is 0.455. The molecule has 0 aromatic carbocycles. The van der Waals surface area contributed by atoms with Gasteiger partial charge in [-0.25, -0.2) is 13.4 Å². The normalized spacial score (nSPS) is 12.2. The summed E-state index contributed by atoms with van der Waals surface area (Å²) in [6.45, 7) is 3.08. The smallest absolute Gasteiger partial charge is 0.246 e. The average Bonchev–Trinajstić information content (AvgIpc) is 3.00. The first-order valence-corrected chi connectivity index (χ1v) is 8.35. The van der Waals surface area contributed by atoms with Crippen LogP contribution in [0, 0.1) is 6.92 Å². The minimum atomic E-state index is -3.54. The minimum absolute atomic E-state index is 0.176. The van der Waals surface area contributed by atoms with Crippen LogP contribution in [0.25, 0.3) is 0 Å². The number of sulfonamides is 1. The maximum Gasteiger partial charge on any atom is 0.246 e. The third-order valence-corrected chi connectivity index (χ3v) is 5.56. The zero-order valence-corrected chi connectivity index (χ0v) is 13.0. The molecule has 0 spiro atoms. The third-order valence-electron chi connectivity index (χ3n) is 2.89. The Bertz CT molecular complexity index is 677. The first-order chi connectivity index (χ1) is 9.45. The summed E-state index contributed by atoms with van der Waals surface area (Å²) in [6.07, 6.45) is 2.85. The van der Waals surface area contributed by atoms with E-state index in [-0.39, 0.29) is 4.90 Å². The first-order valence-electron chi connectivity index (χ1n) is 6.03. The predicted octanol–water partition coefficient (Wildman–Crippen LogP) is 0.427. The number of hydrogen-bond donors (Lipinski definition) is 1. The van der Waals surface area contributed by atoms with Gasteiger partial charge in [0.2, 0.25) is 10.0 Å². The molecule has 20 heavy (non-hydrogen) atoms. The van der Waals surface area contributed by atoms with Crippen molar-refractivity contribution in [3.63, 3.8) is 0 Å². The Morgan fingerprint density at radius 1 is 1.50 bits per heavy atom. The molecule has 0 radical (unpaired) electrons. The highest BCUT2D eigenvalue weighted by Gasteiger charge is 2.23. The van der Waals surface area contributed by atoms with Crippen molar-refractivity contribution >= 4 is 21.4 Å². The SMILES string of the molecule is Cc1ncsc1CN(C)S(=O)(=O)c1cnn(CCN)c1. The largest absolute Gasteiger partial charge is 0.329 e. The molecule has 2 aromatic heterocycles. The highest BCUT2D eigenvalue weighted by Crippen LogP contribution is 2.19. The molecule has 2 rings (SSSR count). The van der Waals surface area contributed by atoms with Crippen LogP contribution in [0.1, 0.15) is 10.6 Å². The highest BCUT2D eigenvalue weighted by atomic mass is 32.2. The summed E-state index contributed by atoms with van der Waals surface area (Å²) in [6, 6.07) is 0. The Kier molecular flexibility index (Phi) is 4.53. The number of thiazole rings is 1. The second-order valence-electron chi connectivity index (χ2n) is 4.35. The standard InChI is InChI=1S/C11H17N5O2S2/c1-9-11(19-8-13-9)7-15(2)20(17,18)10-5-14-16(6-10)4-3-12/h5-6,8H,3-4,7,12H2,1-2H3. The number of hydrogen-bond acceptors (Lipinski definition) is 6. The van der Waals surface area contributed by atoms with Crippen LogP contribution in [0.2, 0.25) is 0 Å². The molecule has 7 nitrogen and oxygen atoms in total. The van der Waals surface area contributed by atoms with Gasteiger partial charge in [0.1, 0.15) is 4.90 Å². The van der Waals surface area contributed by atoms with Crippen LogP contribution in [0.3, 0.4) is 0 Å². The second kappa shape index (κ2) is 6.00. The van der Waals surface area contributed by atoms with E-state index in [0.29, 0.717) is 19.6 Å². The number of aryl methyl sites for hydroxylation is 1. The quantitative estimate of drug-likeness (QED) is 0.834. The molecule has 0 saturated carbocycles. The summed E-state index contributed by atoms with van der Waals surface area (Å²) in [5, 5.41) is 3.99. The van der Waals surface area contributed by atoms with Crippen molar-refractivity contribution in [3.05, 3.63) is 28.5 Å². The molecule has 0 atom stereocenters. The summed E-state index contributed by atoms with van der Waals surface area (Å²) in [4.78, 5) is 5.23. The predicted molar refractivity (Wildman–Crippen MR) is 76.8 cm³/mol. The number of aromatic nitrogens is 3. The maximum absolute atomic E-state index is 12.4. The van der Waals surface area contributed by atoms with Crippen molar-refractivity contribution < 1.29 is 8.42 Å². The highest BCUT2D eigenvalue weighted by molar-refractivity contribution is 7.89. The van der Waals surface area contributed by atoms with Gasteiger partial charge in [0, 0.05) is 31.2 Å². The molecular formula is C11H17N5O2S2. The van der Waals surface area contributed by atoms with Gasteiger partial charge in [0.25, 0.3) is 0 Å². The Hall–Kier alpha value is -1.29. The molecule has 9 heteroatoms. The van der Waals surface area contributed by atoms with E-state index in [1.807, 2.05) is 6.92 Å². The van der Waals surface area contributed by atoms with E-state index in [9.17, 15) is 8.42 Å². The van der Waals surface area contributed by atoms with Gasteiger partial charge in [-0.1, -0.05) is 0 Å². The van der Waals surface area contributed by atoms with E-state index in [0.717, 1.165) is 10.6 Å². The van der Waals surface area contributed by atoms with Crippen molar-refractivity contribution in [2.45, 2.75) is 24.9 Å². The van der Waals surface area contributed by atoms with Crippen molar-refractivity contribution in [1.82, 2.24) is 19.1 Å². The number of nitrogens with two attached hydrogens (primary N) is 1. The molecule has 0 aliphatic heterocycles. The Morgan fingerprint density at radius 3 is 2.85 bits per heavy atom. The Labute approximate surface area is 122 Å². The van der Waals surface area contributed by atoms with Gasteiger partial charge in [-0.15, -0.1) is 11.3 Å². The van der Waals surface area contributed by atoms with Crippen molar-refractivity contribution in [1.29, 1.82) is 0 Å². The summed E-state index contributed by atoms with van der Waals surface area (Å²) < 4.78 is 27.7. The van der Waals surface area contributed by atoms with Crippen LogP contribution in [-0.2, 0) is 23.1 Å². The van der Waals surface area contributed by atoms with E-state index in [2.05, 4.69) is 10.1 Å². The monoisotopic (exact) mass is 315 g/mol. The molecule has 0 amide bonds. The van der Waals surface area contributed by atoms with E-state index in [1.54, 1.807) is 12.6 Å². The molecule has 0 saturated heterocycles. The van der Waals surface area contributed by atoms with Crippen molar-refractivity contribution in [2.24, 2.45) is 5.73 Å². The lowest BCUT2D eigenvalue weighted by Crippen LogP contribution is -2.26. The molecule has 0 unspecified atom stereocenters. The summed E-state index contributed by atoms with van der Waals surface area (Å²) in [5.41, 5.74) is 7.99. The van der Waals surface area contributed by atoms with Crippen LogP contribution in [0.15, 0.2) is 22.8 Å². The van der Waals surface area contributed by atoms with Gasteiger partial charge in [0.15, 0.2) is 0 Å². The summed E-state index contributed by atoms with van der Waals surface area (Å²) in [5.74, 6) is 0. The Morgan fingerprint density at radius 2 is 2.25 bits per heavy atom.